The van der Waals surface area contributed by atoms with E-state index in [9.17, 15) is 9.36 Å². The van der Waals surface area contributed by atoms with Crippen molar-refractivity contribution in [1.29, 1.82) is 0 Å². The Balaban J connectivity index is 4.54. The van der Waals surface area contributed by atoms with Gasteiger partial charge in [0.2, 0.25) is 0 Å². The van der Waals surface area contributed by atoms with Crippen molar-refractivity contribution in [3.8, 4) is 0 Å². The second-order valence-electron chi connectivity index (χ2n) is 2.63. The van der Waals surface area contributed by atoms with Crippen LogP contribution in [0, 0.1) is 0 Å². The third kappa shape index (κ3) is 6.28. The summed E-state index contributed by atoms with van der Waals surface area (Å²) in [6, 6.07) is -0.650. The molecule has 1 unspecified atom stereocenters. The molecule has 6 heteroatoms. The fourth-order valence-corrected chi connectivity index (χ4v) is 2.39. The second-order valence-corrected chi connectivity index (χ2v) is 5.37. The van der Waals surface area contributed by atoms with Gasteiger partial charge in [-0.05, 0) is 19.1 Å². The second kappa shape index (κ2) is 6.62. The highest BCUT2D eigenvalue weighted by Crippen LogP contribution is 2.50. The summed E-state index contributed by atoms with van der Waals surface area (Å²) in [7, 11) is 0. The molecule has 0 heterocycles. The fourth-order valence-electron chi connectivity index (χ4n) is 0.687. The zero-order valence-corrected chi connectivity index (χ0v) is 10.0. The third-order valence-corrected chi connectivity index (χ3v) is 2.93. The Morgan fingerprint density at radius 2 is 2.20 bits per heavy atom. The smallest absolute Gasteiger partial charge is 0.409 e. The highest BCUT2D eigenvalue weighted by atomic mass is 35.7. The van der Waals surface area contributed by atoms with Crippen LogP contribution in [0.15, 0.2) is 37.1 Å². The first-order chi connectivity index (χ1) is 6.95. The van der Waals surface area contributed by atoms with E-state index in [1.165, 1.54) is 25.2 Å². The predicted octanol–water partition coefficient (Wildman–Crippen LogP) is 2.78. The minimum Gasteiger partial charge on any atom is -0.422 e. The highest BCUT2D eigenvalue weighted by molar-refractivity contribution is 7.83. The molecule has 0 fully saturated rings. The molecule has 0 saturated carbocycles. The molecule has 4 nitrogen and oxygen atoms in total. The zero-order valence-electron chi connectivity index (χ0n) is 8.35. The van der Waals surface area contributed by atoms with E-state index in [0.717, 1.165) is 0 Å². The lowest BCUT2D eigenvalue weighted by molar-refractivity contribution is -0.108. The van der Waals surface area contributed by atoms with Gasteiger partial charge in [-0.25, -0.2) is 9.65 Å². The number of rotatable bonds is 7. The van der Waals surface area contributed by atoms with Crippen molar-refractivity contribution in [3.05, 3.63) is 37.1 Å². The van der Waals surface area contributed by atoms with Crippen LogP contribution in [0.5, 0.6) is 0 Å². The summed E-state index contributed by atoms with van der Waals surface area (Å²) in [6.45, 7) is 4.83. The number of halogens is 1. The molecule has 0 bridgehead atoms. The monoisotopic (exact) mass is 249 g/mol. The summed E-state index contributed by atoms with van der Waals surface area (Å²) in [4.78, 5) is 10.3. The van der Waals surface area contributed by atoms with Crippen LogP contribution in [0.1, 0.15) is 6.92 Å². The first-order valence-electron chi connectivity index (χ1n) is 4.12. The molecule has 0 spiro atoms. The number of hydrogen-bond donors (Lipinski definition) is 1. The van der Waals surface area contributed by atoms with E-state index in [-0.39, 0.29) is 5.76 Å². The van der Waals surface area contributed by atoms with Crippen LogP contribution in [0.4, 0.5) is 0 Å². The zero-order chi connectivity index (χ0) is 11.9. The van der Waals surface area contributed by atoms with E-state index in [1.54, 1.807) is 0 Å². The van der Waals surface area contributed by atoms with E-state index >= 15 is 0 Å². The molecule has 2 atom stereocenters. The molecule has 0 aliphatic rings. The van der Waals surface area contributed by atoms with Crippen LogP contribution in [-0.4, -0.2) is 12.3 Å². The molecular weight excluding hydrogens is 237 g/mol. The van der Waals surface area contributed by atoms with Crippen molar-refractivity contribution in [3.63, 3.8) is 0 Å². The number of carbonyl (C=O) groups excluding carboxylic acids is 1. The van der Waals surface area contributed by atoms with Crippen LogP contribution < -0.4 is 5.09 Å². The Morgan fingerprint density at radius 1 is 1.60 bits per heavy atom. The van der Waals surface area contributed by atoms with Crippen LogP contribution in [0.3, 0.4) is 0 Å². The van der Waals surface area contributed by atoms with Gasteiger partial charge < -0.3 is 9.32 Å². The maximum atomic E-state index is 11.6. The maximum Gasteiger partial charge on any atom is 0.409 e. The van der Waals surface area contributed by atoms with Crippen molar-refractivity contribution in [2.45, 2.75) is 13.0 Å². The summed E-state index contributed by atoms with van der Waals surface area (Å²) in [5, 5.41) is 2.34. The number of allylic oxidation sites excluding steroid dienone is 3. The Labute approximate surface area is 93.9 Å². The molecular formula is C9H13ClNO3P. The quantitative estimate of drug-likeness (QED) is 0.326. The largest absolute Gasteiger partial charge is 0.422 e. The van der Waals surface area contributed by atoms with Crippen LogP contribution in [0.2, 0.25) is 0 Å². The van der Waals surface area contributed by atoms with Crippen molar-refractivity contribution >= 4 is 24.4 Å². The lowest BCUT2D eigenvalue weighted by Crippen LogP contribution is -2.23. The van der Waals surface area contributed by atoms with Gasteiger partial charge in [0.25, 0.3) is 0 Å². The van der Waals surface area contributed by atoms with E-state index in [0.29, 0.717) is 6.29 Å². The molecule has 0 aliphatic heterocycles. The van der Waals surface area contributed by atoms with Gasteiger partial charge in [-0.1, -0.05) is 19.2 Å². The number of hydrogen-bond acceptors (Lipinski definition) is 3. The number of carbonyl (C=O) groups is 1. The first-order valence-corrected chi connectivity index (χ1v) is 6.65. The Bertz CT molecular complexity index is 327. The van der Waals surface area contributed by atoms with Gasteiger partial charge in [0.15, 0.2) is 0 Å². The average Bonchev–Trinajstić information content (AvgIpc) is 2.15. The number of nitrogens with one attached hydrogen (secondary N) is 1. The SMILES string of the molecule is C=C/C=C(\C=C)OP(=O)(Cl)N[C@@H](C)C=O. The van der Waals surface area contributed by atoms with Gasteiger partial charge in [0, 0.05) is 11.2 Å². The Hall–Kier alpha value is -0.830. The Morgan fingerprint density at radius 3 is 2.60 bits per heavy atom. The summed E-state index contributed by atoms with van der Waals surface area (Å²) in [6.07, 6.45) is 4.81. The lowest BCUT2D eigenvalue weighted by atomic mass is 10.4. The average molecular weight is 250 g/mol. The molecule has 0 aliphatic carbocycles. The van der Waals surface area contributed by atoms with Gasteiger partial charge in [0.1, 0.15) is 12.0 Å². The highest BCUT2D eigenvalue weighted by Gasteiger charge is 2.23. The normalized spacial score (nSPS) is 17.3. The molecule has 0 aromatic carbocycles. The van der Waals surface area contributed by atoms with E-state index in [2.05, 4.69) is 18.2 Å². The molecule has 84 valence electrons. The maximum absolute atomic E-state index is 11.6. The summed E-state index contributed by atoms with van der Waals surface area (Å²) >= 11 is 5.56. The summed E-state index contributed by atoms with van der Waals surface area (Å²) in [5.74, 6) is 0.217. The van der Waals surface area contributed by atoms with Gasteiger partial charge in [-0.15, -0.1) is 0 Å². The van der Waals surface area contributed by atoms with Crippen molar-refractivity contribution in [2.75, 3.05) is 0 Å². The topological polar surface area (TPSA) is 55.4 Å². The molecule has 0 radical (unpaired) electrons. The molecule has 15 heavy (non-hydrogen) atoms. The van der Waals surface area contributed by atoms with Gasteiger partial charge in [-0.3, -0.25) is 0 Å². The van der Waals surface area contributed by atoms with Gasteiger partial charge in [0.05, 0.1) is 6.04 Å². The van der Waals surface area contributed by atoms with E-state index in [4.69, 9.17) is 15.8 Å². The standard InChI is InChI=1S/C9H13ClNO3P/c1-4-6-9(5-2)14-15(10,13)11-8(3)7-12/h4-8H,1-2H2,3H3,(H,11,13)/b9-6+/t8-,15?/m0/s1. The molecule has 0 aromatic heterocycles. The van der Waals surface area contributed by atoms with Gasteiger partial charge >= 0.3 is 6.87 Å². The van der Waals surface area contributed by atoms with E-state index in [1.807, 2.05) is 0 Å². The van der Waals surface area contributed by atoms with Crippen LogP contribution in [-0.2, 0) is 13.9 Å². The third-order valence-electron chi connectivity index (χ3n) is 1.27. The van der Waals surface area contributed by atoms with Gasteiger partial charge in [-0.2, -0.15) is 0 Å². The first kappa shape index (κ1) is 14.2. The summed E-state index contributed by atoms with van der Waals surface area (Å²) in [5.41, 5.74) is 0. The predicted molar refractivity (Wildman–Crippen MR) is 61.7 cm³/mol. The lowest BCUT2D eigenvalue weighted by Gasteiger charge is -2.15. The van der Waals surface area contributed by atoms with Crippen molar-refractivity contribution in [1.82, 2.24) is 5.09 Å². The Kier molecular flexibility index (Phi) is 6.25. The van der Waals surface area contributed by atoms with Crippen LogP contribution >= 0.6 is 18.1 Å². The summed E-state index contributed by atoms with van der Waals surface area (Å²) < 4.78 is 16.5. The van der Waals surface area contributed by atoms with E-state index < -0.39 is 12.9 Å². The minimum atomic E-state index is -3.56. The van der Waals surface area contributed by atoms with Crippen molar-refractivity contribution in [2.24, 2.45) is 0 Å². The molecule has 0 saturated heterocycles. The van der Waals surface area contributed by atoms with Crippen molar-refractivity contribution < 1.29 is 13.9 Å². The molecule has 0 rings (SSSR count). The van der Waals surface area contributed by atoms with Crippen LogP contribution in [0.25, 0.3) is 0 Å². The molecule has 0 amide bonds. The number of aldehydes is 1. The molecule has 1 N–H and O–H groups in total. The fraction of sp³-hybridized carbons (Fsp3) is 0.222. The minimum absolute atomic E-state index is 0.217. The molecule has 0 aromatic rings.